The minimum atomic E-state index is 0. The van der Waals surface area contributed by atoms with Crippen molar-refractivity contribution in [2.45, 2.75) is 59.3 Å². The van der Waals surface area contributed by atoms with Crippen LogP contribution in [0.1, 0.15) is 59.3 Å². The maximum absolute atomic E-state index is 3.60. The number of hydrogen-bond acceptors (Lipinski definition) is 0. The van der Waals surface area contributed by atoms with Gasteiger partial charge in [0.05, 0.1) is 0 Å². The molecule has 0 saturated heterocycles. The summed E-state index contributed by atoms with van der Waals surface area (Å²) >= 11 is 0. The molecule has 0 aliphatic heterocycles. The van der Waals surface area contributed by atoms with Crippen LogP contribution in [0.3, 0.4) is 0 Å². The molecule has 0 unspecified atom stereocenters. The Morgan fingerprint density at radius 2 is 0.714 bits per heavy atom. The summed E-state index contributed by atoms with van der Waals surface area (Å²) in [5.74, 6) is 0. The summed E-state index contributed by atoms with van der Waals surface area (Å²) in [5, 5.41) is 0. The van der Waals surface area contributed by atoms with Crippen molar-refractivity contribution < 1.29 is 31.9 Å². The summed E-state index contributed by atoms with van der Waals surface area (Å²) in [6.45, 7) is 17.2. The van der Waals surface area contributed by atoms with Gasteiger partial charge in [0.1, 0.15) is 0 Å². The van der Waals surface area contributed by atoms with Gasteiger partial charge in [-0.15, -0.1) is 0 Å². The van der Waals surface area contributed by atoms with Crippen molar-refractivity contribution in [1.82, 2.24) is 0 Å². The molecule has 0 aliphatic carbocycles. The van der Waals surface area contributed by atoms with E-state index < -0.39 is 0 Å². The molecule has 0 nitrogen and oxygen atoms in total. The number of rotatable bonds is 3. The van der Waals surface area contributed by atoms with Gasteiger partial charge in [-0.2, -0.15) is 19.3 Å². The zero-order valence-corrected chi connectivity index (χ0v) is 12.6. The van der Waals surface area contributed by atoms with Gasteiger partial charge in [-0.25, -0.2) is 0 Å². The Morgan fingerprint density at radius 3 is 0.714 bits per heavy atom. The Morgan fingerprint density at radius 1 is 0.643 bits per heavy atom. The van der Waals surface area contributed by atoms with Gasteiger partial charge in [-0.05, 0) is 0 Å². The van der Waals surface area contributed by atoms with Gasteiger partial charge in [-0.3, -0.25) is 0 Å². The van der Waals surface area contributed by atoms with Crippen LogP contribution in [-0.2, 0) is 19.5 Å². The second-order valence-electron chi connectivity index (χ2n) is 2.56. The smallest absolute Gasteiger partial charge is 1.00 e. The van der Waals surface area contributed by atoms with Gasteiger partial charge >= 0.3 is 19.5 Å². The fraction of sp³-hybridized carbons (Fsp3) is 0.750. The van der Waals surface area contributed by atoms with Crippen LogP contribution < -0.4 is 12.4 Å². The quantitative estimate of drug-likeness (QED) is 0.551. The van der Waals surface area contributed by atoms with Gasteiger partial charge in [0.25, 0.3) is 0 Å². The average Bonchev–Trinajstić information content (AvgIpc) is 2.18. The third kappa shape index (κ3) is 120. The maximum Gasteiger partial charge on any atom is 3.00 e. The molecule has 14 heavy (non-hydrogen) atoms. The average molecular weight is 308 g/mol. The Labute approximate surface area is 112 Å². The van der Waals surface area contributed by atoms with Crippen LogP contribution in [0.4, 0.5) is 0 Å². The van der Waals surface area contributed by atoms with Crippen LogP contribution in [0, 0.1) is 20.8 Å². The molecule has 0 N–H and O–H groups in total. The van der Waals surface area contributed by atoms with Crippen LogP contribution in [0.15, 0.2) is 0 Å². The second-order valence-corrected chi connectivity index (χ2v) is 2.56. The first kappa shape index (κ1) is 29.4. The third-order valence-electron chi connectivity index (χ3n) is 1.06. The van der Waals surface area contributed by atoms with E-state index in [1.54, 1.807) is 0 Å². The predicted octanol–water partition coefficient (Wildman–Crippen LogP) is 1.86. The fourth-order valence-electron chi connectivity index (χ4n) is 0. The van der Waals surface area contributed by atoms with E-state index in [4.69, 9.17) is 0 Å². The zero-order chi connectivity index (χ0) is 10.2. The molecule has 0 atom stereocenters. The van der Waals surface area contributed by atoms with Crippen molar-refractivity contribution in [2.24, 2.45) is 0 Å². The number of hydrogen-bond donors (Lipinski definition) is 0. The fourth-order valence-corrected chi connectivity index (χ4v) is 0. The molecule has 91 valence electrons. The standard InChI is InChI=1S/3C4H9.ClH.Ru/c3*1-3-4-2;;/h3*1,3-4H2,2H3;1H;/q3*-1;;+3/p-1. The van der Waals surface area contributed by atoms with Crippen LogP contribution in [0.25, 0.3) is 0 Å². The number of unbranched alkanes of at least 4 members (excludes halogenated alkanes) is 3. The molecule has 0 amide bonds. The van der Waals surface area contributed by atoms with Crippen molar-refractivity contribution in [1.29, 1.82) is 0 Å². The van der Waals surface area contributed by atoms with Crippen LogP contribution in [0.2, 0.25) is 0 Å². The molecule has 0 bridgehead atoms. The van der Waals surface area contributed by atoms with Crippen LogP contribution in [-0.4, -0.2) is 0 Å². The normalized spacial score (nSPS) is 6.43. The van der Waals surface area contributed by atoms with E-state index in [1.807, 2.05) is 0 Å². The summed E-state index contributed by atoms with van der Waals surface area (Å²) in [7, 11) is 0. The maximum atomic E-state index is 3.60. The largest absolute Gasteiger partial charge is 3.00 e. The number of halogens is 1. The zero-order valence-electron chi connectivity index (χ0n) is 10.1. The predicted molar refractivity (Wildman–Crippen MR) is 60.8 cm³/mol. The first-order valence-electron chi connectivity index (χ1n) is 5.12. The van der Waals surface area contributed by atoms with E-state index in [2.05, 4.69) is 41.5 Å². The van der Waals surface area contributed by atoms with E-state index in [0.29, 0.717) is 0 Å². The molecule has 2 heteroatoms. The minimum Gasteiger partial charge on any atom is -1.00 e. The molecule has 0 aromatic rings. The minimum absolute atomic E-state index is 0. The molecular formula is C12H27ClRu-. The molecule has 0 aromatic heterocycles. The van der Waals surface area contributed by atoms with Crippen molar-refractivity contribution in [3.63, 3.8) is 0 Å². The Balaban J connectivity index is -0.0000000270. The first-order valence-corrected chi connectivity index (χ1v) is 5.12. The molecular weight excluding hydrogens is 281 g/mol. The molecule has 0 saturated carbocycles. The Bertz CT molecular complexity index is 25.8. The van der Waals surface area contributed by atoms with Crippen molar-refractivity contribution in [2.75, 3.05) is 0 Å². The second kappa shape index (κ2) is 48.5. The summed E-state index contributed by atoms with van der Waals surface area (Å²) in [6, 6.07) is 0. The first-order chi connectivity index (χ1) is 5.74. The Hall–Kier alpha value is 0.913. The van der Waals surface area contributed by atoms with Gasteiger partial charge < -0.3 is 33.2 Å². The topological polar surface area (TPSA) is 0 Å². The third-order valence-corrected chi connectivity index (χ3v) is 1.06. The van der Waals surface area contributed by atoms with Gasteiger partial charge in [0, 0.05) is 0 Å². The van der Waals surface area contributed by atoms with Gasteiger partial charge in [0.2, 0.25) is 0 Å². The van der Waals surface area contributed by atoms with Gasteiger partial charge in [0.15, 0.2) is 0 Å². The monoisotopic (exact) mass is 308 g/mol. The molecule has 0 spiro atoms. The van der Waals surface area contributed by atoms with Crippen molar-refractivity contribution in [3.05, 3.63) is 20.8 Å². The molecule has 0 heterocycles. The van der Waals surface area contributed by atoms with E-state index in [0.717, 1.165) is 19.3 Å². The van der Waals surface area contributed by atoms with E-state index >= 15 is 0 Å². The van der Waals surface area contributed by atoms with Gasteiger partial charge in [-0.1, -0.05) is 40.0 Å². The summed E-state index contributed by atoms with van der Waals surface area (Å²) in [4.78, 5) is 0. The summed E-state index contributed by atoms with van der Waals surface area (Å²) in [5.41, 5.74) is 0. The summed E-state index contributed by atoms with van der Waals surface area (Å²) in [6.07, 6.45) is 6.83. The molecule has 0 fully saturated rings. The molecule has 0 rings (SSSR count). The van der Waals surface area contributed by atoms with E-state index in [1.165, 1.54) is 19.3 Å². The SMILES string of the molecule is [CH2-]CCC.[CH2-]CCC.[CH2-]CCC.[Cl-].[Ru+3]. The molecule has 1 radical (unpaired) electrons. The van der Waals surface area contributed by atoms with Crippen molar-refractivity contribution in [3.8, 4) is 0 Å². The molecule has 0 aromatic carbocycles. The summed E-state index contributed by atoms with van der Waals surface area (Å²) < 4.78 is 0. The van der Waals surface area contributed by atoms with E-state index in [9.17, 15) is 0 Å². The van der Waals surface area contributed by atoms with Crippen molar-refractivity contribution >= 4 is 0 Å². The van der Waals surface area contributed by atoms with Crippen LogP contribution in [0.5, 0.6) is 0 Å². The van der Waals surface area contributed by atoms with E-state index in [-0.39, 0.29) is 31.9 Å². The van der Waals surface area contributed by atoms with Crippen LogP contribution >= 0.6 is 0 Å². The molecule has 0 aliphatic rings. The Kier molecular flexibility index (Phi) is 102.